The molecule has 1 rings (SSSR count). The molecule has 2 heteroatoms. The lowest BCUT2D eigenvalue weighted by Gasteiger charge is -2.13. The molecule has 0 aliphatic carbocycles. The molecular formula is C13H16O2. The molecule has 0 bridgehead atoms. The lowest BCUT2D eigenvalue weighted by Crippen LogP contribution is -2.09. The molecule has 1 atom stereocenters. The summed E-state index contributed by atoms with van der Waals surface area (Å²) in [7, 11) is 0. The molecule has 1 aromatic rings. The molecule has 0 spiro atoms. The van der Waals surface area contributed by atoms with Crippen LogP contribution in [0, 0.1) is 0 Å². The van der Waals surface area contributed by atoms with E-state index in [-0.39, 0.29) is 6.29 Å². The van der Waals surface area contributed by atoms with E-state index >= 15 is 0 Å². The normalized spacial score (nSPS) is 11.8. The van der Waals surface area contributed by atoms with Crippen molar-refractivity contribution in [3.8, 4) is 0 Å². The quantitative estimate of drug-likeness (QED) is 0.522. The maximum absolute atomic E-state index is 5.47. The molecule has 1 aromatic carbocycles. The van der Waals surface area contributed by atoms with Crippen LogP contribution in [-0.2, 0) is 16.1 Å². The average Bonchev–Trinajstić information content (AvgIpc) is 2.27. The standard InChI is InChI=1S/C13H16O2/c1-4-12-8-6-7-9-13(12)10-15-11(3)14-5-2/h4-9,11H,1-2,10H2,3H3. The van der Waals surface area contributed by atoms with Gasteiger partial charge in [0.15, 0.2) is 6.29 Å². The minimum Gasteiger partial charge on any atom is -0.473 e. The fourth-order valence-electron chi connectivity index (χ4n) is 1.25. The van der Waals surface area contributed by atoms with Crippen LogP contribution in [0.25, 0.3) is 6.08 Å². The van der Waals surface area contributed by atoms with Gasteiger partial charge in [-0.2, -0.15) is 0 Å². The van der Waals surface area contributed by atoms with Gasteiger partial charge < -0.3 is 9.47 Å². The van der Waals surface area contributed by atoms with Crippen molar-refractivity contribution >= 4 is 6.08 Å². The van der Waals surface area contributed by atoms with Gasteiger partial charge in [0.2, 0.25) is 0 Å². The van der Waals surface area contributed by atoms with E-state index < -0.39 is 0 Å². The molecule has 0 aliphatic heterocycles. The Kier molecular flexibility index (Phi) is 4.64. The van der Waals surface area contributed by atoms with Gasteiger partial charge in [-0.05, 0) is 18.1 Å². The summed E-state index contributed by atoms with van der Waals surface area (Å²) < 4.78 is 10.5. The molecule has 2 nitrogen and oxygen atoms in total. The molecule has 0 radical (unpaired) electrons. The maximum atomic E-state index is 5.47. The van der Waals surface area contributed by atoms with Gasteiger partial charge in [0.05, 0.1) is 12.9 Å². The molecular weight excluding hydrogens is 188 g/mol. The van der Waals surface area contributed by atoms with Crippen molar-refractivity contribution in [3.05, 3.63) is 54.8 Å². The van der Waals surface area contributed by atoms with Crippen LogP contribution in [0.1, 0.15) is 18.1 Å². The van der Waals surface area contributed by atoms with Crippen LogP contribution in [0.4, 0.5) is 0 Å². The Morgan fingerprint density at radius 1 is 1.33 bits per heavy atom. The molecule has 0 saturated carbocycles. The van der Waals surface area contributed by atoms with Crippen LogP contribution in [0.3, 0.4) is 0 Å². The van der Waals surface area contributed by atoms with Crippen molar-refractivity contribution in [1.29, 1.82) is 0 Å². The van der Waals surface area contributed by atoms with Gasteiger partial charge >= 0.3 is 0 Å². The van der Waals surface area contributed by atoms with Crippen LogP contribution in [0.15, 0.2) is 43.7 Å². The minimum atomic E-state index is -0.277. The summed E-state index contributed by atoms with van der Waals surface area (Å²) in [5.74, 6) is 0. The van der Waals surface area contributed by atoms with Crippen molar-refractivity contribution < 1.29 is 9.47 Å². The predicted octanol–water partition coefficient (Wildman–Crippen LogP) is 3.35. The summed E-state index contributed by atoms with van der Waals surface area (Å²) in [6.45, 7) is 9.57. The SMILES string of the molecule is C=COC(C)OCc1ccccc1C=C. The highest BCUT2D eigenvalue weighted by atomic mass is 16.7. The van der Waals surface area contributed by atoms with Crippen LogP contribution >= 0.6 is 0 Å². The molecule has 0 aromatic heterocycles. The number of rotatable bonds is 6. The first-order valence-electron chi connectivity index (χ1n) is 4.86. The van der Waals surface area contributed by atoms with E-state index in [4.69, 9.17) is 9.47 Å². The highest BCUT2D eigenvalue weighted by Crippen LogP contribution is 2.12. The predicted molar refractivity (Wildman–Crippen MR) is 62.1 cm³/mol. The average molecular weight is 204 g/mol. The van der Waals surface area contributed by atoms with E-state index in [1.54, 1.807) is 0 Å². The Labute approximate surface area is 90.8 Å². The summed E-state index contributed by atoms with van der Waals surface area (Å²) in [5.41, 5.74) is 2.19. The third kappa shape index (κ3) is 3.60. The summed E-state index contributed by atoms with van der Waals surface area (Å²) in [5, 5.41) is 0. The minimum absolute atomic E-state index is 0.277. The molecule has 0 N–H and O–H groups in total. The van der Waals surface area contributed by atoms with E-state index in [1.807, 2.05) is 37.3 Å². The number of benzene rings is 1. The summed E-state index contributed by atoms with van der Waals surface area (Å²) in [6, 6.07) is 7.97. The van der Waals surface area contributed by atoms with Crippen molar-refractivity contribution in [2.75, 3.05) is 0 Å². The molecule has 15 heavy (non-hydrogen) atoms. The number of hydrogen-bond acceptors (Lipinski definition) is 2. The Morgan fingerprint density at radius 2 is 2.07 bits per heavy atom. The number of ether oxygens (including phenoxy) is 2. The molecule has 0 saturated heterocycles. The first-order valence-corrected chi connectivity index (χ1v) is 4.86. The van der Waals surface area contributed by atoms with Gasteiger partial charge in [-0.25, -0.2) is 0 Å². The fraction of sp³-hybridized carbons (Fsp3) is 0.231. The molecule has 0 fully saturated rings. The molecule has 0 amide bonds. The Hall–Kier alpha value is -1.54. The number of hydrogen-bond donors (Lipinski definition) is 0. The van der Waals surface area contributed by atoms with Gasteiger partial charge in [0.25, 0.3) is 0 Å². The van der Waals surface area contributed by atoms with Crippen molar-refractivity contribution in [3.63, 3.8) is 0 Å². The van der Waals surface area contributed by atoms with Crippen molar-refractivity contribution in [2.45, 2.75) is 19.8 Å². The monoisotopic (exact) mass is 204 g/mol. The Balaban J connectivity index is 2.56. The second kappa shape index (κ2) is 6.04. The van der Waals surface area contributed by atoms with Gasteiger partial charge in [0, 0.05) is 0 Å². The van der Waals surface area contributed by atoms with Crippen molar-refractivity contribution in [1.82, 2.24) is 0 Å². The lowest BCUT2D eigenvalue weighted by molar-refractivity contribution is -0.101. The van der Waals surface area contributed by atoms with Crippen molar-refractivity contribution in [2.24, 2.45) is 0 Å². The Morgan fingerprint density at radius 3 is 2.73 bits per heavy atom. The van der Waals surface area contributed by atoms with Gasteiger partial charge in [-0.15, -0.1) is 0 Å². The van der Waals surface area contributed by atoms with E-state index in [1.165, 1.54) is 6.26 Å². The topological polar surface area (TPSA) is 18.5 Å². The van der Waals surface area contributed by atoms with Gasteiger partial charge in [-0.3, -0.25) is 0 Å². The summed E-state index contributed by atoms with van der Waals surface area (Å²) in [6.07, 6.45) is 2.92. The Bertz CT molecular complexity index is 331. The zero-order chi connectivity index (χ0) is 11.1. The van der Waals surface area contributed by atoms with Gasteiger partial charge in [0.1, 0.15) is 0 Å². The third-order valence-electron chi connectivity index (χ3n) is 2.04. The molecule has 80 valence electrons. The largest absolute Gasteiger partial charge is 0.473 e. The van der Waals surface area contributed by atoms with E-state index in [0.717, 1.165) is 11.1 Å². The molecule has 0 heterocycles. The first kappa shape index (κ1) is 11.5. The van der Waals surface area contributed by atoms with E-state index in [9.17, 15) is 0 Å². The first-order chi connectivity index (χ1) is 7.27. The second-order valence-corrected chi connectivity index (χ2v) is 3.08. The lowest BCUT2D eigenvalue weighted by atomic mass is 10.1. The zero-order valence-electron chi connectivity index (χ0n) is 8.98. The van der Waals surface area contributed by atoms with Crippen LogP contribution in [0.5, 0.6) is 0 Å². The molecule has 1 unspecified atom stereocenters. The molecule has 0 aliphatic rings. The highest BCUT2D eigenvalue weighted by Gasteiger charge is 2.02. The smallest absolute Gasteiger partial charge is 0.196 e. The zero-order valence-corrected chi connectivity index (χ0v) is 8.98. The highest BCUT2D eigenvalue weighted by molar-refractivity contribution is 5.51. The summed E-state index contributed by atoms with van der Waals surface area (Å²) >= 11 is 0. The van der Waals surface area contributed by atoms with Crippen LogP contribution in [0.2, 0.25) is 0 Å². The second-order valence-electron chi connectivity index (χ2n) is 3.08. The van der Waals surface area contributed by atoms with E-state index in [0.29, 0.717) is 6.61 Å². The van der Waals surface area contributed by atoms with Crippen LogP contribution in [-0.4, -0.2) is 6.29 Å². The summed E-state index contributed by atoms with van der Waals surface area (Å²) in [4.78, 5) is 0. The van der Waals surface area contributed by atoms with Gasteiger partial charge in [-0.1, -0.05) is 43.5 Å². The maximum Gasteiger partial charge on any atom is 0.196 e. The fourth-order valence-corrected chi connectivity index (χ4v) is 1.25. The third-order valence-corrected chi connectivity index (χ3v) is 2.04. The van der Waals surface area contributed by atoms with Crippen LogP contribution < -0.4 is 0 Å². The van der Waals surface area contributed by atoms with E-state index in [2.05, 4.69) is 13.2 Å².